The number of fused-ring (bicyclic) bond motifs is 3. The SMILES string of the molecule is CC(=O)C[C@@H]1N=C(c2ccc(F)cc2)c2cc(Cl)ccc2-c2c(C)noc21. The predicted molar refractivity (Wildman–Crippen MR) is 102 cm³/mol. The lowest BCUT2D eigenvalue weighted by Gasteiger charge is -2.12. The van der Waals surface area contributed by atoms with Gasteiger partial charge in [0, 0.05) is 22.6 Å². The molecular formula is C21H16ClFN2O2. The number of rotatable bonds is 3. The summed E-state index contributed by atoms with van der Waals surface area (Å²) in [5.41, 5.74) is 4.61. The largest absolute Gasteiger partial charge is 0.358 e. The van der Waals surface area contributed by atoms with Crippen molar-refractivity contribution in [2.75, 3.05) is 0 Å². The summed E-state index contributed by atoms with van der Waals surface area (Å²) in [4.78, 5) is 16.7. The van der Waals surface area contributed by atoms with E-state index in [-0.39, 0.29) is 18.0 Å². The highest BCUT2D eigenvalue weighted by Crippen LogP contribution is 2.41. The second kappa shape index (κ2) is 6.74. The number of aliphatic imine (C=N–C) groups is 1. The molecule has 0 unspecified atom stereocenters. The lowest BCUT2D eigenvalue weighted by molar-refractivity contribution is -0.117. The van der Waals surface area contributed by atoms with Gasteiger partial charge in [-0.25, -0.2) is 4.39 Å². The highest BCUT2D eigenvalue weighted by Gasteiger charge is 2.31. The maximum atomic E-state index is 13.4. The second-order valence-corrected chi connectivity index (χ2v) is 7.04. The Morgan fingerprint density at radius 1 is 1.19 bits per heavy atom. The van der Waals surface area contributed by atoms with E-state index in [1.807, 2.05) is 19.1 Å². The van der Waals surface area contributed by atoms with Crippen LogP contribution in [0.3, 0.4) is 0 Å². The van der Waals surface area contributed by atoms with Gasteiger partial charge >= 0.3 is 0 Å². The highest BCUT2D eigenvalue weighted by atomic mass is 35.5. The lowest BCUT2D eigenvalue weighted by Crippen LogP contribution is -2.08. The second-order valence-electron chi connectivity index (χ2n) is 6.60. The molecule has 0 spiro atoms. The first kappa shape index (κ1) is 17.6. The molecule has 0 amide bonds. The maximum Gasteiger partial charge on any atom is 0.169 e. The van der Waals surface area contributed by atoms with Gasteiger partial charge in [-0.15, -0.1) is 0 Å². The summed E-state index contributed by atoms with van der Waals surface area (Å²) in [6.07, 6.45) is 0.189. The quantitative estimate of drug-likeness (QED) is 0.616. The van der Waals surface area contributed by atoms with Crippen LogP contribution in [-0.2, 0) is 4.79 Å². The molecular weight excluding hydrogens is 367 g/mol. The van der Waals surface area contributed by atoms with Crippen molar-refractivity contribution in [3.8, 4) is 11.1 Å². The van der Waals surface area contributed by atoms with Crippen LogP contribution >= 0.6 is 11.6 Å². The first-order valence-corrected chi connectivity index (χ1v) is 8.91. The van der Waals surface area contributed by atoms with E-state index in [2.05, 4.69) is 5.16 Å². The van der Waals surface area contributed by atoms with Crippen LogP contribution in [-0.4, -0.2) is 16.7 Å². The normalized spacial score (nSPS) is 15.6. The van der Waals surface area contributed by atoms with Crippen molar-refractivity contribution < 1.29 is 13.7 Å². The Balaban J connectivity index is 2.02. The average Bonchev–Trinajstić information content (AvgIpc) is 2.94. The number of hydrogen-bond acceptors (Lipinski definition) is 4. The Morgan fingerprint density at radius 2 is 1.93 bits per heavy atom. The minimum absolute atomic E-state index is 0.00815. The molecule has 2 heterocycles. The molecule has 4 nitrogen and oxygen atoms in total. The third-order valence-electron chi connectivity index (χ3n) is 4.58. The molecule has 1 aliphatic heterocycles. The third-order valence-corrected chi connectivity index (χ3v) is 4.82. The zero-order chi connectivity index (χ0) is 19.1. The predicted octanol–water partition coefficient (Wildman–Crippen LogP) is 5.31. The van der Waals surface area contributed by atoms with Gasteiger partial charge < -0.3 is 4.52 Å². The van der Waals surface area contributed by atoms with Crippen molar-refractivity contribution in [3.63, 3.8) is 0 Å². The Labute approximate surface area is 160 Å². The molecule has 0 fully saturated rings. The number of carbonyl (C=O) groups is 1. The number of aryl methyl sites for hydroxylation is 1. The van der Waals surface area contributed by atoms with E-state index in [1.54, 1.807) is 18.2 Å². The van der Waals surface area contributed by atoms with Gasteiger partial charge in [0.25, 0.3) is 0 Å². The first-order valence-electron chi connectivity index (χ1n) is 8.53. The van der Waals surface area contributed by atoms with Gasteiger partial charge in [0.15, 0.2) is 5.76 Å². The van der Waals surface area contributed by atoms with Gasteiger partial charge in [0.05, 0.1) is 17.0 Å². The minimum atomic E-state index is -0.509. The monoisotopic (exact) mass is 382 g/mol. The Hall–Kier alpha value is -2.79. The molecule has 1 atom stereocenters. The summed E-state index contributed by atoms with van der Waals surface area (Å²) in [5.74, 6) is 0.223. The molecule has 6 heteroatoms. The molecule has 0 bridgehead atoms. The molecule has 27 heavy (non-hydrogen) atoms. The summed E-state index contributed by atoms with van der Waals surface area (Å²) in [5, 5.41) is 4.65. The molecule has 0 saturated heterocycles. The molecule has 0 aliphatic carbocycles. The van der Waals surface area contributed by atoms with Gasteiger partial charge in [-0.05, 0) is 55.8 Å². The van der Waals surface area contributed by atoms with Crippen LogP contribution < -0.4 is 0 Å². The number of carbonyl (C=O) groups excluding carboxylic acids is 1. The number of nitrogens with zero attached hydrogens (tertiary/aromatic N) is 2. The smallest absolute Gasteiger partial charge is 0.169 e. The van der Waals surface area contributed by atoms with Crippen LogP contribution in [0.15, 0.2) is 52.0 Å². The summed E-state index contributed by atoms with van der Waals surface area (Å²) in [6.45, 7) is 3.37. The summed E-state index contributed by atoms with van der Waals surface area (Å²) in [7, 11) is 0. The summed E-state index contributed by atoms with van der Waals surface area (Å²) >= 11 is 6.26. The van der Waals surface area contributed by atoms with Gasteiger partial charge in [-0.2, -0.15) is 0 Å². The zero-order valence-corrected chi connectivity index (χ0v) is 15.5. The molecule has 0 saturated carbocycles. The molecule has 0 radical (unpaired) electrons. The third kappa shape index (κ3) is 3.19. The molecule has 2 aromatic carbocycles. The molecule has 0 N–H and O–H groups in total. The average molecular weight is 383 g/mol. The number of benzene rings is 2. The van der Waals surface area contributed by atoms with Crippen molar-refractivity contribution >= 4 is 23.1 Å². The van der Waals surface area contributed by atoms with Gasteiger partial charge in [-0.3, -0.25) is 9.79 Å². The van der Waals surface area contributed by atoms with E-state index >= 15 is 0 Å². The van der Waals surface area contributed by atoms with Crippen LogP contribution in [0.5, 0.6) is 0 Å². The van der Waals surface area contributed by atoms with E-state index in [1.165, 1.54) is 19.1 Å². The standard InChI is InChI=1S/C21H16ClFN2O2/c1-11(26)9-18-21-19(12(2)25-27-21)16-8-5-14(22)10-17(16)20(24-18)13-3-6-15(23)7-4-13/h3-8,10,18H,9H2,1-2H3/t18-/m0/s1. The molecule has 136 valence electrons. The van der Waals surface area contributed by atoms with Crippen LogP contribution in [0.1, 0.15) is 42.0 Å². The van der Waals surface area contributed by atoms with E-state index in [0.717, 1.165) is 27.9 Å². The van der Waals surface area contributed by atoms with E-state index in [0.29, 0.717) is 16.5 Å². The summed E-state index contributed by atoms with van der Waals surface area (Å²) < 4.78 is 19.0. The Bertz CT molecular complexity index is 1070. The molecule has 4 rings (SSSR count). The summed E-state index contributed by atoms with van der Waals surface area (Å²) in [6, 6.07) is 11.1. The van der Waals surface area contributed by atoms with Crippen LogP contribution in [0, 0.1) is 12.7 Å². The lowest BCUT2D eigenvalue weighted by atomic mass is 9.93. The first-order chi connectivity index (χ1) is 12.9. The fourth-order valence-corrected chi connectivity index (χ4v) is 3.58. The van der Waals surface area contributed by atoms with Gasteiger partial charge in [0.1, 0.15) is 17.6 Å². The van der Waals surface area contributed by atoms with Gasteiger partial charge in [-0.1, -0.05) is 22.8 Å². The molecule has 1 aliphatic rings. The number of halogens is 2. The Kier molecular flexibility index (Phi) is 4.40. The molecule has 1 aromatic heterocycles. The minimum Gasteiger partial charge on any atom is -0.358 e. The van der Waals surface area contributed by atoms with Crippen LogP contribution in [0.2, 0.25) is 5.02 Å². The maximum absolute atomic E-state index is 13.4. The zero-order valence-electron chi connectivity index (χ0n) is 14.8. The van der Waals surface area contributed by atoms with Gasteiger partial charge in [0.2, 0.25) is 0 Å². The van der Waals surface area contributed by atoms with Crippen LogP contribution in [0.4, 0.5) is 4.39 Å². The van der Waals surface area contributed by atoms with E-state index in [9.17, 15) is 9.18 Å². The number of Topliss-reactive ketones (excluding diaryl/α,β-unsaturated/α-hetero) is 1. The fraction of sp³-hybridized carbons (Fsp3) is 0.190. The fourth-order valence-electron chi connectivity index (χ4n) is 3.41. The number of hydrogen-bond donors (Lipinski definition) is 0. The van der Waals surface area contributed by atoms with Crippen molar-refractivity contribution in [2.45, 2.75) is 26.3 Å². The van der Waals surface area contributed by atoms with E-state index in [4.69, 9.17) is 21.1 Å². The van der Waals surface area contributed by atoms with Crippen LogP contribution in [0.25, 0.3) is 11.1 Å². The van der Waals surface area contributed by atoms with E-state index < -0.39 is 6.04 Å². The number of ketones is 1. The Morgan fingerprint density at radius 3 is 2.63 bits per heavy atom. The molecule has 3 aromatic rings. The van der Waals surface area contributed by atoms with Crippen molar-refractivity contribution in [1.82, 2.24) is 5.16 Å². The van der Waals surface area contributed by atoms with Crippen molar-refractivity contribution in [1.29, 1.82) is 0 Å². The highest BCUT2D eigenvalue weighted by molar-refractivity contribution is 6.31. The number of aromatic nitrogens is 1. The van der Waals surface area contributed by atoms with Crippen molar-refractivity contribution in [2.24, 2.45) is 4.99 Å². The topological polar surface area (TPSA) is 55.5 Å². The van der Waals surface area contributed by atoms with Crippen molar-refractivity contribution in [3.05, 3.63) is 75.9 Å².